The van der Waals surface area contributed by atoms with Gasteiger partial charge >= 0.3 is 0 Å². The highest BCUT2D eigenvalue weighted by atomic mass is 19.3. The second-order valence-electron chi connectivity index (χ2n) is 7.70. The fraction of sp³-hybridized carbons (Fsp3) is 0.476. The minimum atomic E-state index is -2.74. The zero-order valence-corrected chi connectivity index (χ0v) is 17.2. The van der Waals surface area contributed by atoms with Crippen LogP contribution in [0.2, 0.25) is 0 Å². The normalized spacial score (nSPS) is 20.1. The van der Waals surface area contributed by atoms with Gasteiger partial charge in [0.15, 0.2) is 5.82 Å². The van der Waals surface area contributed by atoms with E-state index in [9.17, 15) is 8.78 Å². The van der Waals surface area contributed by atoms with E-state index >= 15 is 0 Å². The molecule has 2 aliphatic rings. The SMILES string of the molecule is CC1COCCN1c1nc(N2CCOCC2)cc(-n2c(C(F)F)nc3ccccc32)n1. The molecule has 31 heavy (non-hydrogen) atoms. The molecule has 2 fully saturated rings. The molecule has 3 aromatic rings. The first kappa shape index (κ1) is 20.1. The molecule has 1 unspecified atom stereocenters. The van der Waals surface area contributed by atoms with Crippen LogP contribution < -0.4 is 9.80 Å². The van der Waals surface area contributed by atoms with Gasteiger partial charge in [-0.25, -0.2) is 13.8 Å². The van der Waals surface area contributed by atoms with Crippen LogP contribution in [0.25, 0.3) is 16.9 Å². The van der Waals surface area contributed by atoms with Gasteiger partial charge in [0.05, 0.1) is 43.5 Å². The van der Waals surface area contributed by atoms with Gasteiger partial charge in [-0.1, -0.05) is 12.1 Å². The molecule has 2 saturated heterocycles. The number of morpholine rings is 2. The summed E-state index contributed by atoms with van der Waals surface area (Å²) in [4.78, 5) is 17.9. The van der Waals surface area contributed by atoms with Crippen LogP contribution in [0.15, 0.2) is 30.3 Å². The highest BCUT2D eigenvalue weighted by Crippen LogP contribution is 2.30. The molecule has 0 N–H and O–H groups in total. The van der Waals surface area contributed by atoms with Crippen LogP contribution in [0.4, 0.5) is 20.5 Å². The van der Waals surface area contributed by atoms with E-state index in [2.05, 4.69) is 14.8 Å². The molecule has 2 aromatic heterocycles. The van der Waals surface area contributed by atoms with Crippen molar-refractivity contribution in [2.24, 2.45) is 0 Å². The van der Waals surface area contributed by atoms with Crippen molar-refractivity contribution in [3.63, 3.8) is 0 Å². The van der Waals surface area contributed by atoms with Crippen molar-refractivity contribution in [2.45, 2.75) is 19.4 Å². The smallest absolute Gasteiger partial charge is 0.296 e. The summed E-state index contributed by atoms with van der Waals surface area (Å²) >= 11 is 0. The van der Waals surface area contributed by atoms with Gasteiger partial charge in [0, 0.05) is 25.7 Å². The molecule has 5 rings (SSSR count). The molecule has 10 heteroatoms. The van der Waals surface area contributed by atoms with Crippen LogP contribution in [0, 0.1) is 0 Å². The van der Waals surface area contributed by atoms with Crippen molar-refractivity contribution in [3.8, 4) is 5.82 Å². The lowest BCUT2D eigenvalue weighted by Crippen LogP contribution is -2.45. The number of hydrogen-bond donors (Lipinski definition) is 0. The number of aromatic nitrogens is 4. The molecule has 1 aromatic carbocycles. The quantitative estimate of drug-likeness (QED) is 0.631. The number of imidazole rings is 1. The van der Waals surface area contributed by atoms with E-state index in [0.29, 0.717) is 74.7 Å². The summed E-state index contributed by atoms with van der Waals surface area (Å²) < 4.78 is 40.4. The Kier molecular flexibility index (Phi) is 5.41. The molecule has 0 radical (unpaired) electrons. The van der Waals surface area contributed by atoms with Gasteiger partial charge in [0.2, 0.25) is 5.95 Å². The van der Waals surface area contributed by atoms with Crippen LogP contribution in [0.3, 0.4) is 0 Å². The van der Waals surface area contributed by atoms with Gasteiger partial charge in [-0.05, 0) is 19.1 Å². The number of ether oxygens (including phenoxy) is 2. The van der Waals surface area contributed by atoms with Crippen LogP contribution in [0.5, 0.6) is 0 Å². The molecule has 8 nitrogen and oxygen atoms in total. The number of alkyl halides is 2. The van der Waals surface area contributed by atoms with Gasteiger partial charge in [-0.2, -0.15) is 9.97 Å². The van der Waals surface area contributed by atoms with Crippen LogP contribution in [-0.2, 0) is 9.47 Å². The third-order valence-corrected chi connectivity index (χ3v) is 5.66. The minimum Gasteiger partial charge on any atom is -0.378 e. The zero-order valence-electron chi connectivity index (χ0n) is 17.2. The number of benzene rings is 1. The fourth-order valence-corrected chi connectivity index (χ4v) is 4.06. The monoisotopic (exact) mass is 430 g/mol. The van der Waals surface area contributed by atoms with Crippen LogP contribution in [0.1, 0.15) is 19.2 Å². The Hall–Kier alpha value is -2.85. The first-order valence-electron chi connectivity index (χ1n) is 10.4. The highest BCUT2D eigenvalue weighted by Gasteiger charge is 2.27. The molecule has 4 heterocycles. The molecule has 1 atom stereocenters. The molecule has 0 bridgehead atoms. The van der Waals surface area contributed by atoms with Crippen molar-refractivity contribution in [2.75, 3.05) is 55.9 Å². The molecular formula is C21H24F2N6O2. The number of rotatable bonds is 4. The second-order valence-corrected chi connectivity index (χ2v) is 7.70. The van der Waals surface area contributed by atoms with E-state index in [1.807, 2.05) is 13.0 Å². The summed E-state index contributed by atoms with van der Waals surface area (Å²) in [5.74, 6) is 1.26. The second kappa shape index (κ2) is 8.35. The summed E-state index contributed by atoms with van der Waals surface area (Å²) in [5.41, 5.74) is 1.09. The number of para-hydroxylation sites is 2. The Bertz CT molecular complexity index is 1070. The molecule has 0 aliphatic carbocycles. The predicted molar refractivity (Wildman–Crippen MR) is 112 cm³/mol. The van der Waals surface area contributed by atoms with Gasteiger partial charge in [0.25, 0.3) is 6.43 Å². The maximum atomic E-state index is 13.9. The zero-order chi connectivity index (χ0) is 21.4. The van der Waals surface area contributed by atoms with Crippen molar-refractivity contribution in [1.82, 2.24) is 19.5 Å². The Morgan fingerprint density at radius 1 is 0.968 bits per heavy atom. The summed E-state index contributed by atoms with van der Waals surface area (Å²) in [6.07, 6.45) is -2.74. The van der Waals surface area contributed by atoms with Crippen molar-refractivity contribution >= 4 is 22.8 Å². The first-order valence-corrected chi connectivity index (χ1v) is 10.4. The van der Waals surface area contributed by atoms with Crippen LogP contribution in [-0.4, -0.2) is 71.6 Å². The largest absolute Gasteiger partial charge is 0.378 e. The van der Waals surface area contributed by atoms with Crippen molar-refractivity contribution in [3.05, 3.63) is 36.2 Å². The first-order chi connectivity index (χ1) is 15.1. The Morgan fingerprint density at radius 2 is 1.71 bits per heavy atom. The van der Waals surface area contributed by atoms with E-state index in [-0.39, 0.29) is 11.9 Å². The van der Waals surface area contributed by atoms with E-state index in [0.717, 1.165) is 0 Å². The van der Waals surface area contributed by atoms with E-state index in [1.54, 1.807) is 24.3 Å². The van der Waals surface area contributed by atoms with Gasteiger partial charge in [-0.15, -0.1) is 0 Å². The molecule has 164 valence electrons. The van der Waals surface area contributed by atoms with E-state index < -0.39 is 6.43 Å². The average molecular weight is 430 g/mol. The number of hydrogen-bond acceptors (Lipinski definition) is 7. The Morgan fingerprint density at radius 3 is 2.48 bits per heavy atom. The molecule has 0 saturated carbocycles. The third kappa shape index (κ3) is 3.81. The van der Waals surface area contributed by atoms with E-state index in [1.165, 1.54) is 4.57 Å². The molecule has 0 amide bonds. The number of anilines is 2. The summed E-state index contributed by atoms with van der Waals surface area (Å²) in [6.45, 7) is 6.37. The summed E-state index contributed by atoms with van der Waals surface area (Å²) in [6, 6.07) is 8.95. The Labute approximate surface area is 178 Å². The van der Waals surface area contributed by atoms with Gasteiger partial charge in [-0.3, -0.25) is 4.57 Å². The summed E-state index contributed by atoms with van der Waals surface area (Å²) in [5, 5.41) is 0. The number of halogens is 2. The standard InChI is InChI=1S/C21H24F2N6O2/c1-14-13-31-11-8-28(14)21-25-17(27-6-9-30-10-7-27)12-18(26-21)29-16-5-3-2-4-15(16)24-20(29)19(22)23/h2-5,12,14,19H,6-11,13H2,1H3. The van der Waals surface area contributed by atoms with Crippen molar-refractivity contribution < 1.29 is 18.3 Å². The lowest BCUT2D eigenvalue weighted by molar-refractivity contribution is 0.0980. The van der Waals surface area contributed by atoms with Crippen molar-refractivity contribution in [1.29, 1.82) is 0 Å². The Balaban J connectivity index is 1.68. The minimum absolute atomic E-state index is 0.0793. The molecule has 2 aliphatic heterocycles. The van der Waals surface area contributed by atoms with E-state index in [4.69, 9.17) is 19.4 Å². The fourth-order valence-electron chi connectivity index (χ4n) is 4.06. The number of fused-ring (bicyclic) bond motifs is 1. The lowest BCUT2D eigenvalue weighted by Gasteiger charge is -2.35. The molecular weight excluding hydrogens is 406 g/mol. The predicted octanol–water partition coefficient (Wildman–Crippen LogP) is 2.81. The van der Waals surface area contributed by atoms with Gasteiger partial charge < -0.3 is 19.3 Å². The topological polar surface area (TPSA) is 68.5 Å². The summed E-state index contributed by atoms with van der Waals surface area (Å²) in [7, 11) is 0. The average Bonchev–Trinajstić information content (AvgIpc) is 3.20. The lowest BCUT2D eigenvalue weighted by atomic mass is 10.2. The maximum Gasteiger partial charge on any atom is 0.296 e. The third-order valence-electron chi connectivity index (χ3n) is 5.66. The highest BCUT2D eigenvalue weighted by molar-refractivity contribution is 5.78. The van der Waals surface area contributed by atoms with Gasteiger partial charge in [0.1, 0.15) is 11.6 Å². The number of nitrogens with zero attached hydrogens (tertiary/aromatic N) is 6. The van der Waals surface area contributed by atoms with Crippen LogP contribution >= 0.6 is 0 Å². The maximum absolute atomic E-state index is 13.9. The molecule has 0 spiro atoms.